The number of alkyl carbamates (subject to hydrolysis) is 1. The summed E-state index contributed by atoms with van der Waals surface area (Å²) in [7, 11) is 0. The lowest BCUT2D eigenvalue weighted by Gasteiger charge is -2.26. The molecule has 0 aliphatic heterocycles. The van der Waals surface area contributed by atoms with Gasteiger partial charge in [-0.25, -0.2) is 9.59 Å². The van der Waals surface area contributed by atoms with E-state index in [1.807, 2.05) is 6.07 Å². The summed E-state index contributed by atoms with van der Waals surface area (Å²) in [6, 6.07) is 6.12. The van der Waals surface area contributed by atoms with E-state index in [9.17, 15) is 14.4 Å². The summed E-state index contributed by atoms with van der Waals surface area (Å²) in [5.74, 6) is -0.938. The molecule has 8 heteroatoms. The van der Waals surface area contributed by atoms with Crippen LogP contribution in [0.5, 0.6) is 0 Å². The Morgan fingerprint density at radius 1 is 1.07 bits per heavy atom. The van der Waals surface area contributed by atoms with Gasteiger partial charge in [-0.15, -0.1) is 0 Å². The van der Waals surface area contributed by atoms with Crippen molar-refractivity contribution in [2.45, 2.75) is 65.2 Å². The molecule has 0 aliphatic carbocycles. The zero-order chi connectivity index (χ0) is 22.9. The first kappa shape index (κ1) is 25.5. The van der Waals surface area contributed by atoms with Crippen LogP contribution < -0.4 is 10.6 Å². The van der Waals surface area contributed by atoms with Gasteiger partial charge >= 0.3 is 12.1 Å². The Morgan fingerprint density at radius 2 is 1.70 bits per heavy atom. The molecular formula is C22H31ClN2O5. The summed E-state index contributed by atoms with van der Waals surface area (Å²) >= 11 is 5.91. The van der Waals surface area contributed by atoms with Gasteiger partial charge in [0.15, 0.2) is 0 Å². The Bertz CT molecular complexity index is 778. The van der Waals surface area contributed by atoms with Gasteiger partial charge in [0.25, 0.3) is 0 Å². The second-order valence-electron chi connectivity index (χ2n) is 8.70. The van der Waals surface area contributed by atoms with Crippen molar-refractivity contribution in [3.05, 3.63) is 40.9 Å². The molecule has 1 atom stereocenters. The highest BCUT2D eigenvalue weighted by atomic mass is 35.5. The molecule has 2 N–H and O–H groups in total. The van der Waals surface area contributed by atoms with Crippen LogP contribution in [0.3, 0.4) is 0 Å². The first-order valence-corrected chi connectivity index (χ1v) is 10.1. The summed E-state index contributed by atoms with van der Waals surface area (Å²) in [6.07, 6.45) is 2.41. The average molecular weight is 439 g/mol. The second kappa shape index (κ2) is 11.0. The van der Waals surface area contributed by atoms with Crippen molar-refractivity contribution in [2.24, 2.45) is 0 Å². The summed E-state index contributed by atoms with van der Waals surface area (Å²) in [6.45, 7) is 10.5. The molecular weight excluding hydrogens is 408 g/mol. The van der Waals surface area contributed by atoms with Crippen molar-refractivity contribution in [2.75, 3.05) is 6.54 Å². The fraction of sp³-hybridized carbons (Fsp3) is 0.500. The zero-order valence-corrected chi connectivity index (χ0v) is 19.1. The maximum atomic E-state index is 12.4. The number of hydrogen-bond acceptors (Lipinski definition) is 5. The van der Waals surface area contributed by atoms with E-state index in [1.54, 1.807) is 65.8 Å². The van der Waals surface area contributed by atoms with E-state index < -0.39 is 29.3 Å². The molecule has 0 radical (unpaired) electrons. The minimum atomic E-state index is -0.962. The third kappa shape index (κ3) is 11.5. The monoisotopic (exact) mass is 438 g/mol. The Labute approximate surface area is 183 Å². The highest BCUT2D eigenvalue weighted by molar-refractivity contribution is 6.30. The molecule has 0 aliphatic rings. The van der Waals surface area contributed by atoms with Gasteiger partial charge in [-0.3, -0.25) is 4.79 Å². The van der Waals surface area contributed by atoms with Crippen molar-refractivity contribution in [3.63, 3.8) is 0 Å². The molecule has 166 valence electrons. The van der Waals surface area contributed by atoms with Crippen molar-refractivity contribution >= 4 is 35.6 Å². The third-order valence-corrected chi connectivity index (χ3v) is 3.63. The van der Waals surface area contributed by atoms with Crippen LogP contribution in [0.4, 0.5) is 4.79 Å². The van der Waals surface area contributed by atoms with Crippen LogP contribution >= 0.6 is 11.6 Å². The Balaban J connectivity index is 2.66. The summed E-state index contributed by atoms with van der Waals surface area (Å²) < 4.78 is 10.6. The van der Waals surface area contributed by atoms with Gasteiger partial charge in [-0.05, 0) is 71.7 Å². The molecule has 1 aromatic carbocycles. The molecule has 0 saturated heterocycles. The van der Waals surface area contributed by atoms with Crippen molar-refractivity contribution in [1.29, 1.82) is 0 Å². The van der Waals surface area contributed by atoms with Crippen LogP contribution in [0.25, 0.3) is 6.08 Å². The SMILES string of the molecule is CC(C)(C)OC(=O)NC(CCNC(=O)/C=C/c1cccc(Cl)c1)C(=O)OC(C)(C)C. The number of ether oxygens (including phenoxy) is 2. The lowest BCUT2D eigenvalue weighted by Crippen LogP contribution is -2.47. The number of benzene rings is 1. The molecule has 0 heterocycles. The standard InChI is InChI=1S/C22H31ClN2O5/c1-21(2,3)29-19(27)17(25-20(28)30-22(4,5)6)12-13-24-18(26)11-10-15-8-7-9-16(23)14-15/h7-11,14,17H,12-13H2,1-6H3,(H,24,26)(H,25,28)/b11-10+. The first-order valence-electron chi connectivity index (χ1n) is 9.69. The largest absolute Gasteiger partial charge is 0.458 e. The minimum Gasteiger partial charge on any atom is -0.458 e. The highest BCUT2D eigenvalue weighted by Gasteiger charge is 2.28. The molecule has 7 nitrogen and oxygen atoms in total. The van der Waals surface area contributed by atoms with Crippen molar-refractivity contribution in [1.82, 2.24) is 10.6 Å². The van der Waals surface area contributed by atoms with Crippen LogP contribution in [0.2, 0.25) is 5.02 Å². The summed E-state index contributed by atoms with van der Waals surface area (Å²) in [5.41, 5.74) is -0.633. The average Bonchev–Trinajstić information content (AvgIpc) is 2.56. The minimum absolute atomic E-state index is 0.144. The van der Waals surface area contributed by atoms with E-state index in [0.29, 0.717) is 5.02 Å². The molecule has 1 rings (SSSR count). The topological polar surface area (TPSA) is 93.7 Å². The molecule has 2 amide bonds. The van der Waals surface area contributed by atoms with Gasteiger partial charge in [0, 0.05) is 17.6 Å². The number of hydrogen-bond donors (Lipinski definition) is 2. The maximum Gasteiger partial charge on any atom is 0.408 e. The van der Waals surface area contributed by atoms with E-state index in [1.165, 1.54) is 6.08 Å². The lowest BCUT2D eigenvalue weighted by atomic mass is 10.1. The van der Waals surface area contributed by atoms with E-state index in [2.05, 4.69) is 10.6 Å². The second-order valence-corrected chi connectivity index (χ2v) is 9.14. The van der Waals surface area contributed by atoms with Gasteiger partial charge in [-0.2, -0.15) is 0 Å². The van der Waals surface area contributed by atoms with Crippen LogP contribution in [0.15, 0.2) is 30.3 Å². The maximum absolute atomic E-state index is 12.4. The van der Waals surface area contributed by atoms with Crippen LogP contribution in [-0.4, -0.2) is 41.8 Å². The Hall–Kier alpha value is -2.54. The summed E-state index contributed by atoms with van der Waals surface area (Å²) in [5, 5.41) is 5.77. The number of carbonyl (C=O) groups is 3. The lowest BCUT2D eigenvalue weighted by molar-refractivity contribution is -0.157. The molecule has 0 fully saturated rings. The van der Waals surface area contributed by atoms with Gasteiger partial charge in [0.2, 0.25) is 5.91 Å². The number of rotatable bonds is 7. The van der Waals surface area contributed by atoms with Crippen molar-refractivity contribution in [3.8, 4) is 0 Å². The smallest absolute Gasteiger partial charge is 0.408 e. The molecule has 0 bridgehead atoms. The quantitative estimate of drug-likeness (QED) is 0.493. The van der Waals surface area contributed by atoms with Gasteiger partial charge in [0.05, 0.1) is 0 Å². The normalized spacial score (nSPS) is 12.9. The number of amides is 2. The number of halogens is 1. The number of esters is 1. The number of nitrogens with one attached hydrogen (secondary N) is 2. The molecule has 1 aromatic rings. The molecule has 0 aromatic heterocycles. The van der Waals surface area contributed by atoms with E-state index in [0.717, 1.165) is 5.56 Å². The van der Waals surface area contributed by atoms with E-state index >= 15 is 0 Å². The van der Waals surface area contributed by atoms with Gasteiger partial charge < -0.3 is 20.1 Å². The fourth-order valence-electron chi connectivity index (χ4n) is 2.25. The van der Waals surface area contributed by atoms with E-state index in [-0.39, 0.29) is 18.9 Å². The van der Waals surface area contributed by atoms with Gasteiger partial charge in [0.1, 0.15) is 17.2 Å². The number of carbonyl (C=O) groups excluding carboxylic acids is 3. The molecule has 0 saturated carbocycles. The van der Waals surface area contributed by atoms with Crippen molar-refractivity contribution < 1.29 is 23.9 Å². The van der Waals surface area contributed by atoms with Crippen LogP contribution in [0.1, 0.15) is 53.5 Å². The zero-order valence-electron chi connectivity index (χ0n) is 18.4. The molecule has 0 spiro atoms. The Morgan fingerprint density at radius 3 is 2.27 bits per heavy atom. The van der Waals surface area contributed by atoms with Crippen LogP contribution in [-0.2, 0) is 19.1 Å². The predicted molar refractivity (Wildman–Crippen MR) is 117 cm³/mol. The third-order valence-electron chi connectivity index (χ3n) is 3.39. The Kier molecular flexibility index (Phi) is 9.36. The first-order chi connectivity index (χ1) is 13.7. The molecule has 30 heavy (non-hydrogen) atoms. The predicted octanol–water partition coefficient (Wildman–Crippen LogP) is 4.09. The highest BCUT2D eigenvalue weighted by Crippen LogP contribution is 2.13. The molecule has 1 unspecified atom stereocenters. The fourth-order valence-corrected chi connectivity index (χ4v) is 2.45. The summed E-state index contributed by atoms with van der Waals surface area (Å²) in [4.78, 5) is 36.6. The van der Waals surface area contributed by atoms with Gasteiger partial charge in [-0.1, -0.05) is 23.7 Å². The van der Waals surface area contributed by atoms with E-state index in [4.69, 9.17) is 21.1 Å². The van der Waals surface area contributed by atoms with Crippen LogP contribution in [0, 0.1) is 0 Å².